The highest BCUT2D eigenvalue weighted by Crippen LogP contribution is 2.31. The number of nitrogens with zero attached hydrogens (tertiary/aromatic N) is 5. The molecule has 0 N–H and O–H groups in total. The molecule has 10 heteroatoms. The second kappa shape index (κ2) is 9.74. The number of hydrogen-bond donors (Lipinski definition) is 0. The molecule has 0 saturated carbocycles. The number of hydrogen-bond acceptors (Lipinski definition) is 6. The Morgan fingerprint density at radius 1 is 1.26 bits per heavy atom. The monoisotopic (exact) mass is 445 g/mol. The second-order valence-corrected chi connectivity index (χ2v) is 7.68. The molecule has 164 valence electrons. The number of rotatable bonds is 4. The average Bonchev–Trinajstić information content (AvgIpc) is 3.04. The normalized spacial score (nSPS) is 20.7. The Bertz CT molecular complexity index is 945. The number of amides is 3. The number of allylic oxidation sites excluding steroid dienone is 2. The number of pyridine rings is 1. The first kappa shape index (κ1) is 22.5. The van der Waals surface area contributed by atoms with Gasteiger partial charge in [-0.1, -0.05) is 23.3 Å². The minimum Gasteiger partial charge on any atom is -0.419 e. The van der Waals surface area contributed by atoms with Gasteiger partial charge in [0, 0.05) is 38.6 Å². The molecule has 0 spiro atoms. The fourth-order valence-electron chi connectivity index (χ4n) is 3.36. The van der Waals surface area contributed by atoms with Gasteiger partial charge in [-0.05, 0) is 32.9 Å². The van der Waals surface area contributed by atoms with E-state index in [2.05, 4.69) is 9.98 Å². The van der Waals surface area contributed by atoms with Crippen molar-refractivity contribution in [1.29, 1.82) is 0 Å². The van der Waals surface area contributed by atoms with Crippen LogP contribution in [-0.4, -0.2) is 71.3 Å². The van der Waals surface area contributed by atoms with Crippen LogP contribution in [0.25, 0.3) is 0 Å². The van der Waals surface area contributed by atoms with Gasteiger partial charge in [-0.3, -0.25) is 14.6 Å². The molecule has 0 aliphatic carbocycles. The lowest BCUT2D eigenvalue weighted by Crippen LogP contribution is -2.50. The first-order valence-corrected chi connectivity index (χ1v) is 10.2. The third-order valence-electron chi connectivity index (χ3n) is 4.91. The van der Waals surface area contributed by atoms with Crippen molar-refractivity contribution < 1.29 is 19.1 Å². The summed E-state index contributed by atoms with van der Waals surface area (Å²) in [6.45, 7) is 6.92. The number of carbonyl (C=O) groups is 3. The molecule has 3 heterocycles. The summed E-state index contributed by atoms with van der Waals surface area (Å²) in [4.78, 5) is 50.2. The van der Waals surface area contributed by atoms with Crippen LogP contribution in [0.5, 0.6) is 0 Å². The molecule has 3 rings (SSSR count). The summed E-state index contributed by atoms with van der Waals surface area (Å²) in [6.07, 6.45) is 3.78. The van der Waals surface area contributed by atoms with Crippen LogP contribution < -0.4 is 4.90 Å². The van der Waals surface area contributed by atoms with Crippen LogP contribution in [0.1, 0.15) is 20.8 Å². The van der Waals surface area contributed by atoms with Crippen molar-refractivity contribution in [1.82, 2.24) is 14.8 Å². The molecule has 31 heavy (non-hydrogen) atoms. The lowest BCUT2D eigenvalue weighted by atomic mass is 10.1. The van der Waals surface area contributed by atoms with Crippen molar-refractivity contribution in [2.75, 3.05) is 31.1 Å². The molecule has 2 aliphatic rings. The molecule has 1 aromatic rings. The highest BCUT2D eigenvalue weighted by atomic mass is 35.5. The van der Waals surface area contributed by atoms with Crippen molar-refractivity contribution in [3.63, 3.8) is 0 Å². The lowest BCUT2D eigenvalue weighted by molar-refractivity contribution is -0.119. The van der Waals surface area contributed by atoms with Crippen LogP contribution in [0.4, 0.5) is 10.6 Å². The number of aromatic nitrogens is 1. The highest BCUT2D eigenvalue weighted by Gasteiger charge is 2.46. The first-order valence-electron chi connectivity index (χ1n) is 9.84. The molecule has 1 atom stereocenters. The molecular weight excluding hydrogens is 422 g/mol. The molecule has 0 bridgehead atoms. The molecule has 3 amide bonds. The van der Waals surface area contributed by atoms with E-state index in [0.29, 0.717) is 48.3 Å². The SMILES string of the molecule is C/C=C\N=C1C(=C(C)C)C(=O)N(c2ccc(Cl)cn2)C1OC(=O)N1CCN(C=O)CC1. The minimum absolute atomic E-state index is 0.294. The quantitative estimate of drug-likeness (QED) is 0.524. The van der Waals surface area contributed by atoms with Gasteiger partial charge in [0.2, 0.25) is 12.6 Å². The summed E-state index contributed by atoms with van der Waals surface area (Å²) in [5, 5.41) is 0.419. The van der Waals surface area contributed by atoms with Gasteiger partial charge in [0.15, 0.2) is 0 Å². The Morgan fingerprint density at radius 2 is 1.97 bits per heavy atom. The van der Waals surface area contributed by atoms with E-state index < -0.39 is 12.3 Å². The minimum atomic E-state index is -1.08. The van der Waals surface area contributed by atoms with Crippen molar-refractivity contribution in [2.45, 2.75) is 27.0 Å². The maximum absolute atomic E-state index is 13.3. The Hall–Kier alpha value is -3.20. The summed E-state index contributed by atoms with van der Waals surface area (Å²) in [6, 6.07) is 3.20. The zero-order valence-corrected chi connectivity index (χ0v) is 18.4. The van der Waals surface area contributed by atoms with Crippen LogP contribution in [0, 0.1) is 0 Å². The van der Waals surface area contributed by atoms with E-state index in [-0.39, 0.29) is 5.91 Å². The first-order chi connectivity index (χ1) is 14.9. The predicted octanol–water partition coefficient (Wildman–Crippen LogP) is 2.63. The summed E-state index contributed by atoms with van der Waals surface area (Å²) >= 11 is 5.95. The largest absolute Gasteiger partial charge is 0.419 e. The van der Waals surface area contributed by atoms with Gasteiger partial charge >= 0.3 is 6.09 Å². The number of anilines is 1. The summed E-state index contributed by atoms with van der Waals surface area (Å²) < 4.78 is 5.79. The zero-order chi connectivity index (χ0) is 22.5. The number of halogens is 1. The predicted molar refractivity (Wildman–Crippen MR) is 117 cm³/mol. The van der Waals surface area contributed by atoms with Crippen molar-refractivity contribution >= 4 is 41.5 Å². The summed E-state index contributed by atoms with van der Waals surface area (Å²) in [7, 11) is 0. The van der Waals surface area contributed by atoms with Gasteiger partial charge in [0.05, 0.1) is 10.6 Å². The van der Waals surface area contributed by atoms with E-state index >= 15 is 0 Å². The van der Waals surface area contributed by atoms with Gasteiger partial charge in [0.25, 0.3) is 5.91 Å². The molecule has 1 aromatic heterocycles. The van der Waals surface area contributed by atoms with Crippen LogP contribution >= 0.6 is 11.6 Å². The third-order valence-corrected chi connectivity index (χ3v) is 5.14. The van der Waals surface area contributed by atoms with E-state index in [4.69, 9.17) is 16.3 Å². The molecular formula is C21H24ClN5O4. The van der Waals surface area contributed by atoms with Crippen molar-refractivity contribution in [3.8, 4) is 0 Å². The van der Waals surface area contributed by atoms with Crippen LogP contribution in [0.3, 0.4) is 0 Å². The summed E-state index contributed by atoms with van der Waals surface area (Å²) in [5.74, 6) is -0.0657. The van der Waals surface area contributed by atoms with Crippen LogP contribution in [0.2, 0.25) is 5.02 Å². The van der Waals surface area contributed by atoms with E-state index in [0.717, 1.165) is 12.0 Å². The number of carbonyl (C=O) groups excluding carboxylic acids is 3. The fraction of sp³-hybridized carbons (Fsp3) is 0.381. The number of aliphatic imine (C=N–C) groups is 1. The second-order valence-electron chi connectivity index (χ2n) is 7.25. The van der Waals surface area contributed by atoms with Crippen molar-refractivity contribution in [3.05, 3.63) is 46.8 Å². The zero-order valence-electron chi connectivity index (χ0n) is 17.6. The fourth-order valence-corrected chi connectivity index (χ4v) is 3.47. The highest BCUT2D eigenvalue weighted by molar-refractivity contribution is 6.35. The molecule has 0 aromatic carbocycles. The molecule has 9 nitrogen and oxygen atoms in total. The smallest absolute Gasteiger partial charge is 0.412 e. The topological polar surface area (TPSA) is 95.4 Å². The van der Waals surface area contributed by atoms with Crippen LogP contribution in [-0.2, 0) is 14.3 Å². The van der Waals surface area contributed by atoms with E-state index in [9.17, 15) is 14.4 Å². The standard InChI is InChI=1S/C21H24ClN5O4/c1-4-7-23-18-17(14(2)3)19(29)27(16-6-5-15(22)12-24-16)20(18)31-21(30)26-10-8-25(13-28)9-11-26/h4-7,12-13,20H,8-11H2,1-3H3/b7-4-,23-18?. The number of piperazine rings is 1. The van der Waals surface area contributed by atoms with Gasteiger partial charge < -0.3 is 14.5 Å². The average molecular weight is 446 g/mol. The molecule has 1 unspecified atom stereocenters. The lowest BCUT2D eigenvalue weighted by Gasteiger charge is -2.33. The Balaban J connectivity index is 1.97. The Labute approximate surface area is 185 Å². The molecule has 2 fully saturated rings. The van der Waals surface area contributed by atoms with E-state index in [1.54, 1.807) is 50.1 Å². The van der Waals surface area contributed by atoms with Gasteiger partial charge in [-0.25, -0.2) is 14.7 Å². The third kappa shape index (κ3) is 4.77. The molecule has 2 aliphatic heterocycles. The Morgan fingerprint density at radius 3 is 2.52 bits per heavy atom. The maximum atomic E-state index is 13.3. The van der Waals surface area contributed by atoms with Gasteiger partial charge in [-0.2, -0.15) is 0 Å². The van der Waals surface area contributed by atoms with Gasteiger partial charge in [-0.15, -0.1) is 0 Å². The van der Waals surface area contributed by atoms with E-state index in [1.807, 2.05) is 0 Å². The molecule has 2 saturated heterocycles. The van der Waals surface area contributed by atoms with E-state index in [1.165, 1.54) is 16.0 Å². The Kier molecular flexibility index (Phi) is 7.06. The van der Waals surface area contributed by atoms with Gasteiger partial charge in [0.1, 0.15) is 11.5 Å². The number of ether oxygens (including phenoxy) is 1. The molecule has 0 radical (unpaired) electrons. The van der Waals surface area contributed by atoms with Crippen LogP contribution in [0.15, 0.2) is 46.7 Å². The van der Waals surface area contributed by atoms with Crippen molar-refractivity contribution in [2.24, 2.45) is 4.99 Å². The maximum Gasteiger partial charge on any atom is 0.412 e. The summed E-state index contributed by atoms with van der Waals surface area (Å²) in [5.41, 5.74) is 1.45.